The van der Waals surface area contributed by atoms with Crippen molar-refractivity contribution in [1.29, 1.82) is 0 Å². The molecule has 2 aromatic heterocycles. The van der Waals surface area contributed by atoms with Crippen LogP contribution in [0.3, 0.4) is 0 Å². The van der Waals surface area contributed by atoms with Crippen molar-refractivity contribution in [2.75, 3.05) is 7.05 Å². The van der Waals surface area contributed by atoms with Crippen molar-refractivity contribution in [1.82, 2.24) is 19.9 Å². The molecule has 0 fully saturated rings. The standard InChI is InChI=1S/C20H16N4O/c1-24(13-15-7-4-6-14-5-2-3-8-16(14)15)20(25)18-10-9-17-19(23-18)22-12-11-21-17/h2-12H,13H2,1H3. The molecule has 5 nitrogen and oxygen atoms in total. The van der Waals surface area contributed by atoms with Crippen molar-refractivity contribution >= 4 is 27.8 Å². The summed E-state index contributed by atoms with van der Waals surface area (Å²) in [5.74, 6) is -0.138. The molecule has 25 heavy (non-hydrogen) atoms. The zero-order valence-electron chi connectivity index (χ0n) is 13.8. The van der Waals surface area contributed by atoms with Gasteiger partial charge in [-0.15, -0.1) is 0 Å². The fraction of sp³-hybridized carbons (Fsp3) is 0.100. The summed E-state index contributed by atoms with van der Waals surface area (Å²) in [6.07, 6.45) is 3.18. The maximum absolute atomic E-state index is 12.7. The summed E-state index contributed by atoms with van der Waals surface area (Å²) in [5, 5.41) is 2.32. The first-order valence-electron chi connectivity index (χ1n) is 8.02. The molecule has 0 spiro atoms. The fourth-order valence-corrected chi connectivity index (χ4v) is 2.93. The lowest BCUT2D eigenvalue weighted by molar-refractivity contribution is 0.0780. The lowest BCUT2D eigenvalue weighted by atomic mass is 10.0. The van der Waals surface area contributed by atoms with E-state index >= 15 is 0 Å². The highest BCUT2D eigenvalue weighted by Crippen LogP contribution is 2.20. The van der Waals surface area contributed by atoms with Crippen LogP contribution in [0.1, 0.15) is 16.1 Å². The Kier molecular flexibility index (Phi) is 3.82. The summed E-state index contributed by atoms with van der Waals surface area (Å²) >= 11 is 0. The van der Waals surface area contributed by atoms with Crippen molar-refractivity contribution < 1.29 is 4.79 Å². The number of benzene rings is 2. The van der Waals surface area contributed by atoms with E-state index < -0.39 is 0 Å². The van der Waals surface area contributed by atoms with Gasteiger partial charge in [-0.25, -0.2) is 9.97 Å². The molecular formula is C20H16N4O. The fourth-order valence-electron chi connectivity index (χ4n) is 2.93. The second-order valence-corrected chi connectivity index (χ2v) is 5.90. The molecule has 4 aromatic rings. The molecule has 122 valence electrons. The molecule has 2 aromatic carbocycles. The first-order chi connectivity index (χ1) is 12.2. The zero-order chi connectivity index (χ0) is 17.2. The van der Waals surface area contributed by atoms with Gasteiger partial charge in [-0.2, -0.15) is 0 Å². The van der Waals surface area contributed by atoms with Gasteiger partial charge < -0.3 is 4.90 Å². The number of amides is 1. The molecule has 0 aliphatic heterocycles. The number of fused-ring (bicyclic) bond motifs is 2. The minimum atomic E-state index is -0.138. The predicted molar refractivity (Wildman–Crippen MR) is 97.1 cm³/mol. The minimum Gasteiger partial charge on any atom is -0.336 e. The van der Waals surface area contributed by atoms with Crippen molar-refractivity contribution in [3.63, 3.8) is 0 Å². The third-order valence-corrected chi connectivity index (χ3v) is 4.18. The summed E-state index contributed by atoms with van der Waals surface area (Å²) in [7, 11) is 1.78. The maximum Gasteiger partial charge on any atom is 0.272 e. The first kappa shape index (κ1) is 15.2. The summed E-state index contributed by atoms with van der Waals surface area (Å²) in [6.45, 7) is 0.514. The van der Waals surface area contributed by atoms with Gasteiger partial charge in [-0.1, -0.05) is 42.5 Å². The minimum absolute atomic E-state index is 0.138. The predicted octanol–water partition coefficient (Wildman–Crippen LogP) is 3.45. The largest absolute Gasteiger partial charge is 0.336 e. The number of nitrogens with zero attached hydrogens (tertiary/aromatic N) is 4. The lowest BCUT2D eigenvalue weighted by Crippen LogP contribution is -2.27. The highest BCUT2D eigenvalue weighted by molar-refractivity contribution is 5.94. The molecule has 0 bridgehead atoms. The van der Waals surface area contributed by atoms with Crippen molar-refractivity contribution in [2.45, 2.75) is 6.54 Å². The Labute approximate surface area is 145 Å². The van der Waals surface area contributed by atoms with E-state index in [1.807, 2.05) is 24.3 Å². The van der Waals surface area contributed by atoms with E-state index in [1.54, 1.807) is 36.5 Å². The molecule has 0 saturated heterocycles. The van der Waals surface area contributed by atoms with Crippen LogP contribution in [0.15, 0.2) is 67.0 Å². The Balaban J connectivity index is 1.63. The third-order valence-electron chi connectivity index (χ3n) is 4.18. The number of pyridine rings is 1. The van der Waals surface area contributed by atoms with Gasteiger partial charge in [0.2, 0.25) is 0 Å². The number of rotatable bonds is 3. The molecule has 4 rings (SSSR count). The van der Waals surface area contributed by atoms with E-state index in [-0.39, 0.29) is 5.91 Å². The second-order valence-electron chi connectivity index (χ2n) is 5.90. The third kappa shape index (κ3) is 2.92. The number of carbonyl (C=O) groups is 1. The molecule has 0 radical (unpaired) electrons. The Bertz CT molecular complexity index is 1070. The molecule has 1 amide bonds. The first-order valence-corrected chi connectivity index (χ1v) is 8.02. The van der Waals surface area contributed by atoms with Gasteiger partial charge in [0.25, 0.3) is 5.91 Å². The molecule has 0 unspecified atom stereocenters. The van der Waals surface area contributed by atoms with Crippen LogP contribution < -0.4 is 0 Å². The van der Waals surface area contributed by atoms with Crippen LogP contribution in [-0.4, -0.2) is 32.8 Å². The van der Waals surface area contributed by atoms with Gasteiger partial charge in [0.15, 0.2) is 5.65 Å². The normalized spacial score (nSPS) is 10.9. The molecule has 0 saturated carbocycles. The number of carbonyl (C=O) groups excluding carboxylic acids is 1. The highest BCUT2D eigenvalue weighted by Gasteiger charge is 2.15. The number of aromatic nitrogens is 3. The van der Waals surface area contributed by atoms with Crippen LogP contribution in [-0.2, 0) is 6.54 Å². The molecule has 2 heterocycles. The average Bonchev–Trinajstić information content (AvgIpc) is 2.67. The second kappa shape index (κ2) is 6.28. The van der Waals surface area contributed by atoms with Gasteiger partial charge >= 0.3 is 0 Å². The average molecular weight is 328 g/mol. The van der Waals surface area contributed by atoms with Crippen LogP contribution in [0.25, 0.3) is 21.9 Å². The topological polar surface area (TPSA) is 59.0 Å². The van der Waals surface area contributed by atoms with E-state index in [1.165, 1.54) is 5.39 Å². The number of hydrogen-bond donors (Lipinski definition) is 0. The smallest absolute Gasteiger partial charge is 0.272 e. The molecule has 0 aliphatic carbocycles. The monoisotopic (exact) mass is 328 g/mol. The van der Waals surface area contributed by atoms with Crippen molar-refractivity contribution in [2.24, 2.45) is 0 Å². The maximum atomic E-state index is 12.7. The van der Waals surface area contributed by atoms with Gasteiger partial charge in [0, 0.05) is 26.0 Å². The van der Waals surface area contributed by atoms with Crippen LogP contribution in [0.2, 0.25) is 0 Å². The van der Waals surface area contributed by atoms with E-state index in [4.69, 9.17) is 0 Å². The van der Waals surface area contributed by atoms with E-state index in [2.05, 4.69) is 33.2 Å². The molecule has 0 atom stereocenters. The quantitative estimate of drug-likeness (QED) is 0.578. The van der Waals surface area contributed by atoms with Crippen molar-refractivity contribution in [3.05, 3.63) is 78.2 Å². The van der Waals surface area contributed by atoms with Gasteiger partial charge in [0.05, 0.1) is 0 Å². The van der Waals surface area contributed by atoms with E-state index in [0.717, 1.165) is 10.9 Å². The Morgan fingerprint density at radius 2 is 1.76 bits per heavy atom. The van der Waals surface area contributed by atoms with Gasteiger partial charge in [0.1, 0.15) is 11.2 Å². The summed E-state index contributed by atoms with van der Waals surface area (Å²) in [4.78, 5) is 27.1. The van der Waals surface area contributed by atoms with Crippen LogP contribution >= 0.6 is 0 Å². The molecule has 0 aliphatic rings. The zero-order valence-corrected chi connectivity index (χ0v) is 13.8. The molecule has 0 N–H and O–H groups in total. The molecule has 5 heteroatoms. The van der Waals surface area contributed by atoms with E-state index in [0.29, 0.717) is 23.4 Å². The van der Waals surface area contributed by atoms with Crippen LogP contribution in [0.4, 0.5) is 0 Å². The summed E-state index contributed by atoms with van der Waals surface area (Å²) in [5.41, 5.74) is 2.63. The Hall–Kier alpha value is -3.34. The summed E-state index contributed by atoms with van der Waals surface area (Å²) in [6, 6.07) is 17.8. The Morgan fingerprint density at radius 1 is 0.960 bits per heavy atom. The van der Waals surface area contributed by atoms with E-state index in [9.17, 15) is 4.79 Å². The number of hydrogen-bond acceptors (Lipinski definition) is 4. The van der Waals surface area contributed by atoms with Gasteiger partial charge in [-0.05, 0) is 28.5 Å². The van der Waals surface area contributed by atoms with Crippen molar-refractivity contribution in [3.8, 4) is 0 Å². The summed E-state index contributed by atoms with van der Waals surface area (Å²) < 4.78 is 0. The molecular weight excluding hydrogens is 312 g/mol. The van der Waals surface area contributed by atoms with Gasteiger partial charge in [-0.3, -0.25) is 9.78 Å². The van der Waals surface area contributed by atoms with Crippen LogP contribution in [0, 0.1) is 0 Å². The Morgan fingerprint density at radius 3 is 2.68 bits per heavy atom. The highest BCUT2D eigenvalue weighted by atomic mass is 16.2. The lowest BCUT2D eigenvalue weighted by Gasteiger charge is -2.18. The van der Waals surface area contributed by atoms with Crippen LogP contribution in [0.5, 0.6) is 0 Å². The SMILES string of the molecule is CN(Cc1cccc2ccccc12)C(=O)c1ccc2nccnc2n1.